The number of hydrogen-bond donors (Lipinski definition) is 0. The van der Waals surface area contributed by atoms with E-state index in [1.165, 1.54) is 31.8 Å². The predicted octanol–water partition coefficient (Wildman–Crippen LogP) is 3.10. The Morgan fingerprint density at radius 3 is 2.56 bits per heavy atom. The van der Waals surface area contributed by atoms with Crippen LogP contribution in [0, 0.1) is 0 Å². The highest BCUT2D eigenvalue weighted by atomic mass is 32.2. The predicted molar refractivity (Wildman–Crippen MR) is 90.6 cm³/mol. The molecule has 0 amide bonds. The zero-order chi connectivity index (χ0) is 17.9. The van der Waals surface area contributed by atoms with Gasteiger partial charge in [0.25, 0.3) is 0 Å². The summed E-state index contributed by atoms with van der Waals surface area (Å²) in [6.45, 7) is 0. The van der Waals surface area contributed by atoms with Gasteiger partial charge in [-0.3, -0.25) is 0 Å². The minimum Gasteiger partial charge on any atom is -0.465 e. The Morgan fingerprint density at radius 1 is 1.16 bits per heavy atom. The summed E-state index contributed by atoms with van der Waals surface area (Å²) in [5.74, 6) is -0.444. The Kier molecular flexibility index (Phi) is 4.67. The molecular weight excluding hydrogens is 342 g/mol. The maximum Gasteiger partial charge on any atom is 0.338 e. The van der Waals surface area contributed by atoms with Crippen molar-refractivity contribution in [2.75, 3.05) is 7.11 Å². The maximum atomic E-state index is 12.6. The third-order valence-corrected chi connectivity index (χ3v) is 5.36. The SMILES string of the molecule is COC(=O)c1cc(-c2cnco2)ccc1CS(=O)(=O)c1ccccc1. The first-order valence-electron chi connectivity index (χ1n) is 7.39. The van der Waals surface area contributed by atoms with Gasteiger partial charge in [-0.25, -0.2) is 18.2 Å². The van der Waals surface area contributed by atoms with Gasteiger partial charge >= 0.3 is 5.97 Å². The molecule has 0 atom stereocenters. The molecule has 3 rings (SSSR count). The van der Waals surface area contributed by atoms with Crippen LogP contribution in [0.2, 0.25) is 0 Å². The second-order valence-electron chi connectivity index (χ2n) is 5.30. The quantitative estimate of drug-likeness (QED) is 0.652. The van der Waals surface area contributed by atoms with Crippen molar-refractivity contribution in [1.82, 2.24) is 4.98 Å². The van der Waals surface area contributed by atoms with Crippen LogP contribution in [0.3, 0.4) is 0 Å². The van der Waals surface area contributed by atoms with Crippen LogP contribution in [0.1, 0.15) is 15.9 Å². The van der Waals surface area contributed by atoms with Gasteiger partial charge in [-0.2, -0.15) is 0 Å². The number of sulfone groups is 1. The summed E-state index contributed by atoms with van der Waals surface area (Å²) in [6, 6.07) is 12.9. The summed E-state index contributed by atoms with van der Waals surface area (Å²) < 4.78 is 35.2. The van der Waals surface area contributed by atoms with Crippen LogP contribution in [-0.2, 0) is 20.3 Å². The number of ether oxygens (including phenoxy) is 1. The largest absolute Gasteiger partial charge is 0.465 e. The highest BCUT2D eigenvalue weighted by Gasteiger charge is 2.21. The number of esters is 1. The van der Waals surface area contributed by atoms with Crippen molar-refractivity contribution in [3.8, 4) is 11.3 Å². The average molecular weight is 357 g/mol. The van der Waals surface area contributed by atoms with E-state index < -0.39 is 15.8 Å². The molecule has 0 N–H and O–H groups in total. The summed E-state index contributed by atoms with van der Waals surface area (Å²) in [7, 11) is -2.34. The van der Waals surface area contributed by atoms with Gasteiger partial charge in [0, 0.05) is 5.56 Å². The van der Waals surface area contributed by atoms with Gasteiger partial charge in [0.2, 0.25) is 0 Å². The monoisotopic (exact) mass is 357 g/mol. The molecule has 0 radical (unpaired) electrons. The maximum absolute atomic E-state index is 12.6. The second kappa shape index (κ2) is 6.90. The normalized spacial score (nSPS) is 11.2. The molecule has 0 saturated heterocycles. The van der Waals surface area contributed by atoms with E-state index in [1.54, 1.807) is 36.4 Å². The number of carbonyl (C=O) groups excluding carboxylic acids is 1. The summed E-state index contributed by atoms with van der Waals surface area (Å²) in [6.07, 6.45) is 2.79. The molecule has 0 bridgehead atoms. The summed E-state index contributed by atoms with van der Waals surface area (Å²) in [5.41, 5.74) is 1.15. The van der Waals surface area contributed by atoms with Gasteiger partial charge in [-0.15, -0.1) is 0 Å². The minimum atomic E-state index is -3.59. The first kappa shape index (κ1) is 16.9. The number of oxazole rings is 1. The number of methoxy groups -OCH3 is 1. The van der Waals surface area contributed by atoms with Crippen molar-refractivity contribution >= 4 is 15.8 Å². The number of rotatable bonds is 5. The first-order chi connectivity index (χ1) is 12.0. The van der Waals surface area contributed by atoms with Gasteiger partial charge in [0.15, 0.2) is 22.0 Å². The van der Waals surface area contributed by atoms with Gasteiger partial charge < -0.3 is 9.15 Å². The molecule has 0 fully saturated rings. The molecule has 0 aliphatic carbocycles. The van der Waals surface area contributed by atoms with Crippen LogP contribution in [0.5, 0.6) is 0 Å². The molecule has 3 aromatic rings. The lowest BCUT2D eigenvalue weighted by molar-refractivity contribution is 0.0600. The topological polar surface area (TPSA) is 86.5 Å². The lowest BCUT2D eigenvalue weighted by Gasteiger charge is -2.10. The zero-order valence-electron chi connectivity index (χ0n) is 13.4. The van der Waals surface area contributed by atoms with Crippen molar-refractivity contribution in [1.29, 1.82) is 0 Å². The van der Waals surface area contributed by atoms with E-state index in [2.05, 4.69) is 4.98 Å². The fraction of sp³-hybridized carbons (Fsp3) is 0.111. The zero-order valence-corrected chi connectivity index (χ0v) is 14.2. The van der Waals surface area contributed by atoms with Gasteiger partial charge in [0.1, 0.15) is 0 Å². The van der Waals surface area contributed by atoms with E-state index >= 15 is 0 Å². The standard InChI is InChI=1S/C18H15NO5S/c1-23-18(20)16-9-13(17-10-19-12-24-17)7-8-14(16)11-25(21,22)15-5-3-2-4-6-15/h2-10,12H,11H2,1H3. The lowest BCUT2D eigenvalue weighted by atomic mass is 10.0. The van der Waals surface area contributed by atoms with E-state index in [0.29, 0.717) is 16.9 Å². The van der Waals surface area contributed by atoms with Crippen LogP contribution in [0.4, 0.5) is 0 Å². The molecule has 2 aromatic carbocycles. The molecule has 0 aliphatic rings. The van der Waals surface area contributed by atoms with Gasteiger partial charge in [0.05, 0.1) is 29.5 Å². The van der Waals surface area contributed by atoms with E-state index in [4.69, 9.17) is 9.15 Å². The number of carbonyl (C=O) groups is 1. The third-order valence-electron chi connectivity index (χ3n) is 3.68. The molecular formula is C18H15NO5S. The lowest BCUT2D eigenvalue weighted by Crippen LogP contribution is -2.11. The van der Waals surface area contributed by atoms with Crippen molar-refractivity contribution in [3.63, 3.8) is 0 Å². The molecule has 0 spiro atoms. The fourth-order valence-electron chi connectivity index (χ4n) is 2.43. The van der Waals surface area contributed by atoms with Gasteiger partial charge in [-0.1, -0.05) is 30.3 Å². The van der Waals surface area contributed by atoms with Crippen molar-refractivity contribution in [2.24, 2.45) is 0 Å². The second-order valence-corrected chi connectivity index (χ2v) is 7.29. The molecule has 1 heterocycles. The Labute approximate surface area is 145 Å². The summed E-state index contributed by atoms with van der Waals surface area (Å²) in [5, 5.41) is 0. The molecule has 1 aromatic heterocycles. The van der Waals surface area contributed by atoms with E-state index in [1.807, 2.05) is 0 Å². The minimum absolute atomic E-state index is 0.177. The Bertz CT molecular complexity index is 980. The number of aromatic nitrogens is 1. The van der Waals surface area contributed by atoms with Crippen molar-refractivity contribution in [3.05, 3.63) is 72.2 Å². The highest BCUT2D eigenvalue weighted by molar-refractivity contribution is 7.90. The summed E-state index contributed by atoms with van der Waals surface area (Å²) >= 11 is 0. The number of hydrogen-bond acceptors (Lipinski definition) is 6. The van der Waals surface area contributed by atoms with Crippen LogP contribution < -0.4 is 0 Å². The number of benzene rings is 2. The van der Waals surface area contributed by atoms with Crippen molar-refractivity contribution < 1.29 is 22.4 Å². The first-order valence-corrected chi connectivity index (χ1v) is 9.04. The van der Waals surface area contributed by atoms with Gasteiger partial charge in [-0.05, 0) is 23.8 Å². The molecule has 25 heavy (non-hydrogen) atoms. The third kappa shape index (κ3) is 3.61. The van der Waals surface area contributed by atoms with E-state index in [0.717, 1.165) is 0 Å². The molecule has 6 nitrogen and oxygen atoms in total. The van der Waals surface area contributed by atoms with E-state index in [-0.39, 0.29) is 16.2 Å². The molecule has 7 heteroatoms. The highest BCUT2D eigenvalue weighted by Crippen LogP contribution is 2.25. The number of nitrogens with zero attached hydrogens (tertiary/aromatic N) is 1. The molecule has 0 unspecified atom stereocenters. The summed E-state index contributed by atoms with van der Waals surface area (Å²) in [4.78, 5) is 16.2. The van der Waals surface area contributed by atoms with Crippen LogP contribution in [0.15, 0.2) is 70.4 Å². The molecule has 0 aliphatic heterocycles. The van der Waals surface area contributed by atoms with Crippen molar-refractivity contribution in [2.45, 2.75) is 10.6 Å². The Hall–Kier alpha value is -2.93. The molecule has 0 saturated carbocycles. The molecule has 128 valence electrons. The van der Waals surface area contributed by atoms with Crippen LogP contribution in [-0.4, -0.2) is 26.5 Å². The fourth-order valence-corrected chi connectivity index (χ4v) is 3.83. The Morgan fingerprint density at radius 2 is 1.92 bits per heavy atom. The van der Waals surface area contributed by atoms with Crippen LogP contribution >= 0.6 is 0 Å². The Balaban J connectivity index is 2.02. The smallest absolute Gasteiger partial charge is 0.338 e. The average Bonchev–Trinajstić information content (AvgIpc) is 3.16. The van der Waals surface area contributed by atoms with Crippen LogP contribution in [0.25, 0.3) is 11.3 Å². The van der Waals surface area contributed by atoms with E-state index in [9.17, 15) is 13.2 Å².